The first-order valence-electron chi connectivity index (χ1n) is 14.6. The lowest BCUT2D eigenvalue weighted by Crippen LogP contribution is -2.27. The molecule has 0 unspecified atom stereocenters. The van der Waals surface area contributed by atoms with Gasteiger partial charge in [0, 0.05) is 0 Å². The lowest BCUT2D eigenvalue weighted by molar-refractivity contribution is 0.254. The summed E-state index contributed by atoms with van der Waals surface area (Å²) in [6.45, 7) is 11.0. The summed E-state index contributed by atoms with van der Waals surface area (Å²) in [6.07, 6.45) is 33.2. The van der Waals surface area contributed by atoms with Crippen LogP contribution in [0.5, 0.6) is 0 Å². The highest BCUT2D eigenvalue weighted by Crippen LogP contribution is 2.13. The SMILES string of the molecule is CCCCCCCCCCCCCCCN(CCCCCCC)CCCCCCC. The third-order valence-electron chi connectivity index (χ3n) is 6.73. The van der Waals surface area contributed by atoms with Gasteiger partial charge in [-0.05, 0) is 38.9 Å². The van der Waals surface area contributed by atoms with Gasteiger partial charge in [0.25, 0.3) is 0 Å². The van der Waals surface area contributed by atoms with Crippen LogP contribution in [0.4, 0.5) is 0 Å². The molecule has 1 heteroatoms. The third kappa shape index (κ3) is 24.2. The van der Waals surface area contributed by atoms with E-state index in [1.54, 1.807) is 0 Å². The van der Waals surface area contributed by atoms with Crippen molar-refractivity contribution in [2.45, 2.75) is 168 Å². The topological polar surface area (TPSA) is 3.24 Å². The number of unbranched alkanes of at least 4 members (excludes halogenated alkanes) is 20. The molecule has 0 aliphatic rings. The second-order valence-corrected chi connectivity index (χ2v) is 9.91. The van der Waals surface area contributed by atoms with Crippen molar-refractivity contribution in [1.82, 2.24) is 4.90 Å². The van der Waals surface area contributed by atoms with Crippen molar-refractivity contribution in [1.29, 1.82) is 0 Å². The molecule has 0 aromatic rings. The maximum Gasteiger partial charge on any atom is -0.00187 e. The van der Waals surface area contributed by atoms with Crippen molar-refractivity contribution >= 4 is 0 Å². The molecular weight excluding hydrogens is 362 g/mol. The monoisotopic (exact) mass is 423 g/mol. The Morgan fingerprint density at radius 1 is 0.267 bits per heavy atom. The summed E-state index contributed by atoms with van der Waals surface area (Å²) in [5.41, 5.74) is 0. The van der Waals surface area contributed by atoms with Crippen LogP contribution in [-0.2, 0) is 0 Å². The molecule has 0 radical (unpaired) electrons. The van der Waals surface area contributed by atoms with Crippen LogP contribution in [0.1, 0.15) is 168 Å². The molecule has 0 heterocycles. The fourth-order valence-electron chi connectivity index (χ4n) is 4.57. The lowest BCUT2D eigenvalue weighted by Gasteiger charge is -2.22. The Kier molecular flexibility index (Phi) is 27.0. The summed E-state index contributed by atoms with van der Waals surface area (Å²) in [5, 5.41) is 0. The molecule has 0 saturated heterocycles. The Morgan fingerprint density at radius 3 is 0.700 bits per heavy atom. The zero-order chi connectivity index (χ0) is 22.0. The fourth-order valence-corrected chi connectivity index (χ4v) is 4.57. The minimum atomic E-state index is 1.36. The zero-order valence-electron chi connectivity index (χ0n) is 21.8. The minimum absolute atomic E-state index is 1.36. The first-order chi connectivity index (χ1) is 14.8. The smallest absolute Gasteiger partial charge is 0.00187 e. The predicted molar refractivity (Wildman–Crippen MR) is 140 cm³/mol. The second-order valence-electron chi connectivity index (χ2n) is 9.91. The molecule has 182 valence electrons. The van der Waals surface area contributed by atoms with E-state index in [2.05, 4.69) is 25.7 Å². The van der Waals surface area contributed by atoms with Crippen molar-refractivity contribution in [2.24, 2.45) is 0 Å². The van der Waals surface area contributed by atoms with Gasteiger partial charge in [0.05, 0.1) is 0 Å². The third-order valence-corrected chi connectivity index (χ3v) is 6.73. The van der Waals surface area contributed by atoms with E-state index in [1.807, 2.05) is 0 Å². The molecule has 0 bridgehead atoms. The summed E-state index contributed by atoms with van der Waals surface area (Å²) in [4.78, 5) is 2.80. The minimum Gasteiger partial charge on any atom is -0.303 e. The van der Waals surface area contributed by atoms with Crippen LogP contribution in [0.15, 0.2) is 0 Å². The molecule has 0 fully saturated rings. The molecular formula is C29H61N. The Hall–Kier alpha value is -0.0400. The Bertz CT molecular complexity index is 274. The van der Waals surface area contributed by atoms with Gasteiger partial charge in [-0.1, -0.05) is 149 Å². The van der Waals surface area contributed by atoms with Crippen molar-refractivity contribution < 1.29 is 0 Å². The molecule has 0 aromatic heterocycles. The molecule has 0 rings (SSSR count). The summed E-state index contributed by atoms with van der Waals surface area (Å²) < 4.78 is 0. The average Bonchev–Trinajstić information content (AvgIpc) is 2.76. The van der Waals surface area contributed by atoms with E-state index >= 15 is 0 Å². The zero-order valence-corrected chi connectivity index (χ0v) is 21.8. The molecule has 0 amide bonds. The molecule has 0 N–H and O–H groups in total. The van der Waals surface area contributed by atoms with Crippen LogP contribution in [0.2, 0.25) is 0 Å². The van der Waals surface area contributed by atoms with Crippen LogP contribution >= 0.6 is 0 Å². The molecule has 0 aliphatic carbocycles. The van der Waals surface area contributed by atoms with E-state index in [-0.39, 0.29) is 0 Å². The van der Waals surface area contributed by atoms with Crippen LogP contribution in [0.25, 0.3) is 0 Å². The van der Waals surface area contributed by atoms with Gasteiger partial charge in [-0.2, -0.15) is 0 Å². The normalized spacial score (nSPS) is 11.6. The number of rotatable bonds is 26. The Morgan fingerprint density at radius 2 is 0.467 bits per heavy atom. The van der Waals surface area contributed by atoms with Crippen LogP contribution in [0, 0.1) is 0 Å². The predicted octanol–water partition coefficient (Wildman–Crippen LogP) is 10.3. The highest BCUT2D eigenvalue weighted by atomic mass is 15.1. The maximum absolute atomic E-state index is 2.80. The molecule has 0 atom stereocenters. The van der Waals surface area contributed by atoms with E-state index in [9.17, 15) is 0 Å². The standard InChI is InChI=1S/C29H61N/c1-4-7-10-13-14-15-16-17-18-19-20-23-26-29-30(27-24-21-11-8-5-2)28-25-22-12-9-6-3/h4-29H2,1-3H3. The Balaban J connectivity index is 3.61. The fraction of sp³-hybridized carbons (Fsp3) is 1.00. The van der Waals surface area contributed by atoms with Gasteiger partial charge >= 0.3 is 0 Å². The van der Waals surface area contributed by atoms with E-state index in [0.29, 0.717) is 0 Å². The lowest BCUT2D eigenvalue weighted by atomic mass is 10.0. The van der Waals surface area contributed by atoms with Gasteiger partial charge in [0.15, 0.2) is 0 Å². The van der Waals surface area contributed by atoms with Crippen molar-refractivity contribution in [3.8, 4) is 0 Å². The highest BCUT2D eigenvalue weighted by molar-refractivity contribution is 4.60. The first kappa shape index (κ1) is 30.0. The van der Waals surface area contributed by atoms with Crippen molar-refractivity contribution in [3.63, 3.8) is 0 Å². The molecule has 0 spiro atoms. The largest absolute Gasteiger partial charge is 0.303 e. The first-order valence-corrected chi connectivity index (χ1v) is 14.6. The van der Waals surface area contributed by atoms with Gasteiger partial charge < -0.3 is 4.90 Å². The molecule has 0 aromatic carbocycles. The highest BCUT2D eigenvalue weighted by Gasteiger charge is 2.05. The molecule has 0 aliphatic heterocycles. The molecule has 30 heavy (non-hydrogen) atoms. The Labute approximate surface area is 193 Å². The summed E-state index contributed by atoms with van der Waals surface area (Å²) in [5.74, 6) is 0. The average molecular weight is 424 g/mol. The summed E-state index contributed by atoms with van der Waals surface area (Å²) >= 11 is 0. The van der Waals surface area contributed by atoms with Gasteiger partial charge in [-0.25, -0.2) is 0 Å². The quantitative estimate of drug-likeness (QED) is 0.125. The summed E-state index contributed by atoms with van der Waals surface area (Å²) in [6, 6.07) is 0. The van der Waals surface area contributed by atoms with Crippen LogP contribution in [-0.4, -0.2) is 24.5 Å². The van der Waals surface area contributed by atoms with Crippen LogP contribution < -0.4 is 0 Å². The van der Waals surface area contributed by atoms with Gasteiger partial charge in [-0.15, -0.1) is 0 Å². The number of hydrogen-bond acceptors (Lipinski definition) is 1. The maximum atomic E-state index is 2.80. The summed E-state index contributed by atoms with van der Waals surface area (Å²) in [7, 11) is 0. The number of nitrogens with zero attached hydrogens (tertiary/aromatic N) is 1. The van der Waals surface area contributed by atoms with E-state index < -0.39 is 0 Å². The molecule has 1 nitrogen and oxygen atoms in total. The second kappa shape index (κ2) is 27.0. The van der Waals surface area contributed by atoms with Crippen molar-refractivity contribution in [3.05, 3.63) is 0 Å². The van der Waals surface area contributed by atoms with E-state index in [0.717, 1.165) is 0 Å². The van der Waals surface area contributed by atoms with Crippen molar-refractivity contribution in [2.75, 3.05) is 19.6 Å². The van der Waals surface area contributed by atoms with Gasteiger partial charge in [0.1, 0.15) is 0 Å². The van der Waals surface area contributed by atoms with E-state index in [4.69, 9.17) is 0 Å². The van der Waals surface area contributed by atoms with Gasteiger partial charge in [0.2, 0.25) is 0 Å². The number of hydrogen-bond donors (Lipinski definition) is 0. The van der Waals surface area contributed by atoms with Crippen LogP contribution in [0.3, 0.4) is 0 Å². The molecule has 0 saturated carbocycles. The van der Waals surface area contributed by atoms with Gasteiger partial charge in [-0.3, -0.25) is 0 Å². The van der Waals surface area contributed by atoms with E-state index in [1.165, 1.54) is 167 Å².